The third-order valence-corrected chi connectivity index (χ3v) is 3.40. The van der Waals surface area contributed by atoms with Crippen LogP contribution in [0.25, 0.3) is 16.5 Å². The number of nitrogens with zero attached hydrogens (tertiary/aromatic N) is 1. The van der Waals surface area contributed by atoms with E-state index in [0.717, 1.165) is 15.3 Å². The van der Waals surface area contributed by atoms with Crippen molar-refractivity contribution in [2.45, 2.75) is 0 Å². The molecule has 1 aromatic heterocycles. The molecule has 0 aliphatic heterocycles. The summed E-state index contributed by atoms with van der Waals surface area (Å²) in [6.45, 7) is 0. The summed E-state index contributed by atoms with van der Waals surface area (Å²) in [5, 5.41) is 17.5. The van der Waals surface area contributed by atoms with E-state index in [2.05, 4.69) is 0 Å². The minimum atomic E-state index is -1.20. The van der Waals surface area contributed by atoms with Gasteiger partial charge in [0.15, 0.2) is 0 Å². The third-order valence-electron chi connectivity index (χ3n) is 2.32. The van der Waals surface area contributed by atoms with Gasteiger partial charge in [0.1, 0.15) is 11.6 Å². The van der Waals surface area contributed by atoms with E-state index in [1.54, 1.807) is 6.07 Å². The van der Waals surface area contributed by atoms with Crippen LogP contribution in [0.15, 0.2) is 48.0 Å². The maximum Gasteiger partial charge on any atom is 0.346 e. The van der Waals surface area contributed by atoms with Gasteiger partial charge in [-0.2, -0.15) is 5.26 Å². The molecule has 4 heteroatoms. The number of carboxylic acids is 1. The molecular weight excluding hydrogens is 246 g/mol. The van der Waals surface area contributed by atoms with Crippen LogP contribution in [0.5, 0.6) is 0 Å². The number of hydrogen-bond donors (Lipinski definition) is 1. The largest absolute Gasteiger partial charge is 0.477 e. The first kappa shape index (κ1) is 12.1. The number of nitriles is 1. The van der Waals surface area contributed by atoms with Crippen molar-refractivity contribution in [2.24, 2.45) is 0 Å². The van der Waals surface area contributed by atoms with Gasteiger partial charge in [0.25, 0.3) is 0 Å². The molecule has 1 N–H and O–H groups in total. The van der Waals surface area contributed by atoms with Crippen LogP contribution in [-0.2, 0) is 4.79 Å². The van der Waals surface area contributed by atoms with Crippen LogP contribution >= 0.6 is 11.3 Å². The highest BCUT2D eigenvalue weighted by Gasteiger charge is 2.07. The van der Waals surface area contributed by atoms with Gasteiger partial charge in [0, 0.05) is 9.75 Å². The third kappa shape index (κ3) is 2.65. The molecule has 0 amide bonds. The van der Waals surface area contributed by atoms with E-state index in [9.17, 15) is 4.79 Å². The van der Waals surface area contributed by atoms with E-state index in [1.165, 1.54) is 17.4 Å². The fourth-order valence-corrected chi connectivity index (χ4v) is 2.43. The highest BCUT2D eigenvalue weighted by atomic mass is 32.1. The topological polar surface area (TPSA) is 61.1 Å². The average Bonchev–Trinajstić information content (AvgIpc) is 2.85. The molecule has 0 radical (unpaired) electrons. The Morgan fingerprint density at radius 3 is 2.56 bits per heavy atom. The average molecular weight is 255 g/mol. The zero-order valence-corrected chi connectivity index (χ0v) is 10.1. The minimum absolute atomic E-state index is 0.253. The van der Waals surface area contributed by atoms with Gasteiger partial charge in [-0.3, -0.25) is 0 Å². The number of rotatable bonds is 3. The fraction of sp³-hybridized carbons (Fsp3) is 0. The molecule has 0 spiro atoms. The molecule has 0 aliphatic carbocycles. The summed E-state index contributed by atoms with van der Waals surface area (Å²) in [4.78, 5) is 12.5. The zero-order chi connectivity index (χ0) is 13.0. The van der Waals surface area contributed by atoms with E-state index < -0.39 is 5.97 Å². The molecule has 0 saturated heterocycles. The van der Waals surface area contributed by atoms with E-state index in [1.807, 2.05) is 42.5 Å². The maximum atomic E-state index is 10.7. The van der Waals surface area contributed by atoms with Gasteiger partial charge in [-0.05, 0) is 23.8 Å². The number of carbonyl (C=O) groups is 1. The normalized spacial score (nSPS) is 10.9. The number of thiophene rings is 1. The van der Waals surface area contributed by atoms with E-state index in [-0.39, 0.29) is 5.57 Å². The van der Waals surface area contributed by atoms with Gasteiger partial charge in [-0.15, -0.1) is 11.3 Å². The summed E-state index contributed by atoms with van der Waals surface area (Å²) < 4.78 is 0. The molecule has 0 bridgehead atoms. The summed E-state index contributed by atoms with van der Waals surface area (Å²) in [7, 11) is 0. The lowest BCUT2D eigenvalue weighted by Crippen LogP contribution is -1.96. The first-order chi connectivity index (χ1) is 8.70. The number of benzene rings is 1. The number of carboxylic acid groups (broad SMARTS) is 1. The summed E-state index contributed by atoms with van der Waals surface area (Å²) in [6, 6.07) is 15.2. The lowest BCUT2D eigenvalue weighted by Gasteiger charge is -1.94. The van der Waals surface area contributed by atoms with Crippen molar-refractivity contribution in [1.29, 1.82) is 5.26 Å². The molecular formula is C14H9NO2S. The molecule has 1 heterocycles. The Labute approximate surface area is 108 Å². The monoisotopic (exact) mass is 255 g/mol. The fourth-order valence-electron chi connectivity index (χ4n) is 1.47. The molecule has 1 aromatic carbocycles. The molecule has 18 heavy (non-hydrogen) atoms. The van der Waals surface area contributed by atoms with Crippen LogP contribution in [-0.4, -0.2) is 11.1 Å². The van der Waals surface area contributed by atoms with Crippen LogP contribution in [0.1, 0.15) is 4.88 Å². The Hall–Kier alpha value is -2.38. The van der Waals surface area contributed by atoms with E-state index in [4.69, 9.17) is 10.4 Å². The summed E-state index contributed by atoms with van der Waals surface area (Å²) >= 11 is 1.46. The van der Waals surface area contributed by atoms with Crippen LogP contribution in [0.4, 0.5) is 0 Å². The van der Waals surface area contributed by atoms with E-state index >= 15 is 0 Å². The van der Waals surface area contributed by atoms with Gasteiger partial charge in [0.05, 0.1) is 0 Å². The maximum absolute atomic E-state index is 10.7. The second-order valence-electron chi connectivity index (χ2n) is 3.54. The molecule has 3 nitrogen and oxygen atoms in total. The Balaban J connectivity index is 2.33. The van der Waals surface area contributed by atoms with Crippen LogP contribution in [0, 0.1) is 11.3 Å². The quantitative estimate of drug-likeness (QED) is 0.675. The SMILES string of the molecule is N#CC(=Cc1ccc(-c2ccccc2)s1)C(=O)O. The van der Waals surface area contributed by atoms with Crippen molar-refractivity contribution in [3.63, 3.8) is 0 Å². The molecule has 0 fully saturated rings. The minimum Gasteiger partial charge on any atom is -0.477 e. The van der Waals surface area contributed by atoms with Crippen LogP contribution in [0.2, 0.25) is 0 Å². The lowest BCUT2D eigenvalue weighted by atomic mass is 10.2. The van der Waals surface area contributed by atoms with Gasteiger partial charge in [-0.25, -0.2) is 4.79 Å². The van der Waals surface area contributed by atoms with Crippen LogP contribution < -0.4 is 0 Å². The summed E-state index contributed by atoms with van der Waals surface area (Å²) in [5.41, 5.74) is 0.826. The van der Waals surface area contributed by atoms with Gasteiger partial charge < -0.3 is 5.11 Å². The predicted octanol–water partition coefficient (Wildman–Crippen LogP) is 3.41. The van der Waals surface area contributed by atoms with Crippen molar-refractivity contribution >= 4 is 23.4 Å². The van der Waals surface area contributed by atoms with Crippen molar-refractivity contribution < 1.29 is 9.90 Å². The first-order valence-corrected chi connectivity index (χ1v) is 6.02. The Kier molecular flexibility index (Phi) is 3.56. The molecule has 88 valence electrons. The summed E-state index contributed by atoms with van der Waals surface area (Å²) in [6.07, 6.45) is 1.39. The second-order valence-corrected chi connectivity index (χ2v) is 4.66. The second kappa shape index (κ2) is 5.30. The van der Waals surface area contributed by atoms with Crippen molar-refractivity contribution in [2.75, 3.05) is 0 Å². The smallest absolute Gasteiger partial charge is 0.346 e. The lowest BCUT2D eigenvalue weighted by molar-refractivity contribution is -0.132. The Bertz CT molecular complexity index is 635. The predicted molar refractivity (Wildman–Crippen MR) is 71.0 cm³/mol. The van der Waals surface area contributed by atoms with Crippen LogP contribution in [0.3, 0.4) is 0 Å². The van der Waals surface area contributed by atoms with E-state index in [0.29, 0.717) is 0 Å². The van der Waals surface area contributed by atoms with Gasteiger partial charge in [-0.1, -0.05) is 30.3 Å². The van der Waals surface area contributed by atoms with Crippen molar-refractivity contribution in [3.8, 4) is 16.5 Å². The molecule has 2 aromatic rings. The molecule has 2 rings (SSSR count). The van der Waals surface area contributed by atoms with Gasteiger partial charge >= 0.3 is 5.97 Å². The highest BCUT2D eigenvalue weighted by molar-refractivity contribution is 7.16. The van der Waals surface area contributed by atoms with Gasteiger partial charge in [0.2, 0.25) is 0 Å². The first-order valence-electron chi connectivity index (χ1n) is 5.21. The van der Waals surface area contributed by atoms with Crippen molar-refractivity contribution in [3.05, 3.63) is 52.9 Å². The Morgan fingerprint density at radius 2 is 1.94 bits per heavy atom. The molecule has 0 atom stereocenters. The molecule has 0 aliphatic rings. The Morgan fingerprint density at radius 1 is 1.22 bits per heavy atom. The standard InChI is InChI=1S/C14H9NO2S/c15-9-11(14(16)17)8-12-6-7-13(18-12)10-4-2-1-3-5-10/h1-8H,(H,16,17). The summed E-state index contributed by atoms with van der Waals surface area (Å²) in [5.74, 6) is -1.20. The number of hydrogen-bond acceptors (Lipinski definition) is 3. The molecule has 0 saturated carbocycles. The van der Waals surface area contributed by atoms with Crippen molar-refractivity contribution in [1.82, 2.24) is 0 Å². The molecule has 0 unspecified atom stereocenters. The highest BCUT2D eigenvalue weighted by Crippen LogP contribution is 2.29. The zero-order valence-electron chi connectivity index (χ0n) is 9.33. The number of aliphatic carboxylic acids is 1.